The molecule has 0 aliphatic rings. The number of rotatable bonds is 7. The average Bonchev–Trinajstić information content (AvgIpc) is 2.90. The van der Waals surface area contributed by atoms with Crippen LogP contribution in [0.3, 0.4) is 0 Å². The van der Waals surface area contributed by atoms with Crippen molar-refractivity contribution in [2.24, 2.45) is 5.73 Å². The molecule has 1 heterocycles. The standard InChI is InChI=1S/C15H20N2O2S/c1-3-11-14(10-16)20-15(17-11)8-9-19-13-7-5-4-6-12(13)18-2/h4-7H,3,8-10,16H2,1-2H3. The Morgan fingerprint density at radius 2 is 2.00 bits per heavy atom. The maximum Gasteiger partial charge on any atom is 0.161 e. The van der Waals surface area contributed by atoms with E-state index < -0.39 is 0 Å². The molecular formula is C15H20N2O2S. The highest BCUT2D eigenvalue weighted by Gasteiger charge is 2.09. The molecule has 0 aliphatic heterocycles. The van der Waals surface area contributed by atoms with Gasteiger partial charge in [-0.1, -0.05) is 19.1 Å². The van der Waals surface area contributed by atoms with Crippen LogP contribution in [0.4, 0.5) is 0 Å². The molecule has 0 radical (unpaired) electrons. The lowest BCUT2D eigenvalue weighted by Gasteiger charge is -2.09. The van der Waals surface area contributed by atoms with Crippen LogP contribution in [0.25, 0.3) is 0 Å². The van der Waals surface area contributed by atoms with Gasteiger partial charge in [0.05, 0.1) is 24.4 Å². The van der Waals surface area contributed by atoms with E-state index in [4.69, 9.17) is 15.2 Å². The Balaban J connectivity index is 1.94. The van der Waals surface area contributed by atoms with E-state index in [1.807, 2.05) is 24.3 Å². The summed E-state index contributed by atoms with van der Waals surface area (Å²) in [5.41, 5.74) is 6.84. The molecule has 0 saturated heterocycles. The third kappa shape index (κ3) is 3.49. The first-order valence-corrected chi connectivity index (χ1v) is 7.53. The molecule has 0 saturated carbocycles. The summed E-state index contributed by atoms with van der Waals surface area (Å²) >= 11 is 1.68. The normalized spacial score (nSPS) is 10.6. The van der Waals surface area contributed by atoms with Gasteiger partial charge in [0.1, 0.15) is 0 Å². The minimum atomic E-state index is 0.564. The predicted octanol–water partition coefficient (Wildman–Crippen LogP) is 2.79. The van der Waals surface area contributed by atoms with Gasteiger partial charge in [-0.15, -0.1) is 11.3 Å². The molecule has 20 heavy (non-hydrogen) atoms. The molecule has 0 spiro atoms. The molecule has 108 valence electrons. The van der Waals surface area contributed by atoms with Gasteiger partial charge in [-0.05, 0) is 18.6 Å². The van der Waals surface area contributed by atoms with Crippen molar-refractivity contribution >= 4 is 11.3 Å². The zero-order chi connectivity index (χ0) is 14.4. The van der Waals surface area contributed by atoms with Crippen LogP contribution in [0.2, 0.25) is 0 Å². The van der Waals surface area contributed by atoms with Crippen molar-refractivity contribution in [3.05, 3.63) is 39.8 Å². The molecule has 0 bridgehead atoms. The van der Waals surface area contributed by atoms with Crippen LogP contribution in [0.1, 0.15) is 22.5 Å². The average molecular weight is 292 g/mol. The van der Waals surface area contributed by atoms with Crippen molar-refractivity contribution in [1.82, 2.24) is 4.98 Å². The number of methoxy groups -OCH3 is 1. The molecule has 0 unspecified atom stereocenters. The summed E-state index contributed by atoms with van der Waals surface area (Å²) in [5.74, 6) is 1.52. The summed E-state index contributed by atoms with van der Waals surface area (Å²) in [6.07, 6.45) is 1.71. The lowest BCUT2D eigenvalue weighted by Crippen LogP contribution is -2.02. The highest BCUT2D eigenvalue weighted by atomic mass is 32.1. The van der Waals surface area contributed by atoms with E-state index in [1.54, 1.807) is 18.4 Å². The van der Waals surface area contributed by atoms with Crippen molar-refractivity contribution in [3.63, 3.8) is 0 Å². The van der Waals surface area contributed by atoms with Gasteiger partial charge in [-0.3, -0.25) is 0 Å². The number of hydrogen-bond donors (Lipinski definition) is 1. The number of thiazole rings is 1. The summed E-state index contributed by atoms with van der Waals surface area (Å²) in [4.78, 5) is 5.78. The zero-order valence-electron chi connectivity index (χ0n) is 11.9. The first-order chi connectivity index (χ1) is 9.78. The van der Waals surface area contributed by atoms with Crippen LogP contribution in [0.5, 0.6) is 11.5 Å². The third-order valence-electron chi connectivity index (χ3n) is 2.99. The first kappa shape index (κ1) is 14.8. The van der Waals surface area contributed by atoms with Crippen molar-refractivity contribution in [2.45, 2.75) is 26.3 Å². The second-order valence-electron chi connectivity index (χ2n) is 4.28. The predicted molar refractivity (Wildman–Crippen MR) is 81.6 cm³/mol. The van der Waals surface area contributed by atoms with E-state index in [2.05, 4.69) is 11.9 Å². The number of aryl methyl sites for hydroxylation is 1. The lowest BCUT2D eigenvalue weighted by molar-refractivity contribution is 0.297. The van der Waals surface area contributed by atoms with E-state index in [-0.39, 0.29) is 0 Å². The SMILES string of the molecule is CCc1nc(CCOc2ccccc2OC)sc1CN. The number of benzene rings is 1. The molecule has 0 fully saturated rings. The Hall–Kier alpha value is -1.59. The Bertz CT molecular complexity index is 533. The molecule has 0 aliphatic carbocycles. The molecule has 2 aromatic rings. The number of nitrogens with zero attached hydrogens (tertiary/aromatic N) is 1. The monoisotopic (exact) mass is 292 g/mol. The fourth-order valence-electron chi connectivity index (χ4n) is 1.97. The molecule has 2 rings (SSSR count). The number of nitrogens with two attached hydrogens (primary N) is 1. The van der Waals surface area contributed by atoms with Gasteiger partial charge >= 0.3 is 0 Å². The van der Waals surface area contributed by atoms with Crippen molar-refractivity contribution in [2.75, 3.05) is 13.7 Å². The topological polar surface area (TPSA) is 57.4 Å². The molecule has 1 aromatic carbocycles. The van der Waals surface area contributed by atoms with E-state index in [1.165, 1.54) is 4.88 Å². The lowest BCUT2D eigenvalue weighted by atomic mass is 10.3. The second kappa shape index (κ2) is 7.26. The van der Waals surface area contributed by atoms with Gasteiger partial charge in [-0.25, -0.2) is 4.98 Å². The van der Waals surface area contributed by atoms with Gasteiger partial charge in [0, 0.05) is 17.8 Å². The minimum absolute atomic E-state index is 0.564. The van der Waals surface area contributed by atoms with Gasteiger partial charge < -0.3 is 15.2 Å². The van der Waals surface area contributed by atoms with Crippen LogP contribution in [0, 0.1) is 0 Å². The molecule has 1 aromatic heterocycles. The Labute approximate surface area is 123 Å². The summed E-state index contributed by atoms with van der Waals surface area (Å²) in [7, 11) is 1.64. The maximum atomic E-state index is 5.76. The zero-order valence-corrected chi connectivity index (χ0v) is 12.7. The second-order valence-corrected chi connectivity index (χ2v) is 5.45. The van der Waals surface area contributed by atoms with E-state index in [0.717, 1.165) is 35.0 Å². The highest BCUT2D eigenvalue weighted by Crippen LogP contribution is 2.26. The molecule has 0 atom stereocenters. The number of aromatic nitrogens is 1. The smallest absolute Gasteiger partial charge is 0.161 e. The Kier molecular flexibility index (Phi) is 5.38. The molecule has 2 N–H and O–H groups in total. The maximum absolute atomic E-state index is 5.76. The summed E-state index contributed by atoms with van der Waals surface area (Å²) in [6, 6.07) is 7.65. The number of para-hydroxylation sites is 2. The quantitative estimate of drug-likeness (QED) is 0.852. The third-order valence-corrected chi connectivity index (χ3v) is 4.17. The van der Waals surface area contributed by atoms with Crippen molar-refractivity contribution in [3.8, 4) is 11.5 Å². The van der Waals surface area contributed by atoms with Crippen LogP contribution in [0.15, 0.2) is 24.3 Å². The fourth-order valence-corrected chi connectivity index (χ4v) is 2.98. The summed E-state index contributed by atoms with van der Waals surface area (Å²) in [6.45, 7) is 3.25. The largest absolute Gasteiger partial charge is 0.493 e. The van der Waals surface area contributed by atoms with E-state index in [0.29, 0.717) is 13.2 Å². The first-order valence-electron chi connectivity index (χ1n) is 6.71. The van der Waals surface area contributed by atoms with Gasteiger partial charge in [0.2, 0.25) is 0 Å². The van der Waals surface area contributed by atoms with E-state index >= 15 is 0 Å². The number of ether oxygens (including phenoxy) is 2. The van der Waals surface area contributed by atoms with Gasteiger partial charge in [0.15, 0.2) is 11.5 Å². The van der Waals surface area contributed by atoms with Crippen LogP contribution in [-0.4, -0.2) is 18.7 Å². The molecular weight excluding hydrogens is 272 g/mol. The molecule has 4 nitrogen and oxygen atoms in total. The number of hydrogen-bond acceptors (Lipinski definition) is 5. The Morgan fingerprint density at radius 1 is 1.25 bits per heavy atom. The molecule has 5 heteroatoms. The van der Waals surface area contributed by atoms with E-state index in [9.17, 15) is 0 Å². The van der Waals surface area contributed by atoms with Gasteiger partial charge in [-0.2, -0.15) is 0 Å². The van der Waals surface area contributed by atoms with Crippen LogP contribution < -0.4 is 15.2 Å². The summed E-state index contributed by atoms with van der Waals surface area (Å²) in [5, 5.41) is 1.08. The van der Waals surface area contributed by atoms with Crippen molar-refractivity contribution < 1.29 is 9.47 Å². The fraction of sp³-hybridized carbons (Fsp3) is 0.400. The minimum Gasteiger partial charge on any atom is -0.493 e. The van der Waals surface area contributed by atoms with Crippen LogP contribution >= 0.6 is 11.3 Å². The molecule has 0 amide bonds. The van der Waals surface area contributed by atoms with Crippen molar-refractivity contribution in [1.29, 1.82) is 0 Å². The van der Waals surface area contributed by atoms with Gasteiger partial charge in [0.25, 0.3) is 0 Å². The Morgan fingerprint density at radius 3 is 2.60 bits per heavy atom. The highest BCUT2D eigenvalue weighted by molar-refractivity contribution is 7.11. The van der Waals surface area contributed by atoms with Crippen LogP contribution in [-0.2, 0) is 19.4 Å². The summed E-state index contributed by atoms with van der Waals surface area (Å²) < 4.78 is 11.0.